The van der Waals surface area contributed by atoms with Crippen molar-refractivity contribution < 1.29 is 14.3 Å². The number of fused-ring (bicyclic) bond motifs is 1. The normalized spacial score (nSPS) is 58.6. The lowest BCUT2D eigenvalue weighted by atomic mass is 9.90. The molecule has 4 heteroatoms. The van der Waals surface area contributed by atoms with Crippen LogP contribution in [0.2, 0.25) is 0 Å². The van der Waals surface area contributed by atoms with Gasteiger partial charge in [0.25, 0.3) is 0 Å². The molecule has 60 valence electrons. The van der Waals surface area contributed by atoms with E-state index in [9.17, 15) is 4.79 Å². The molecule has 11 heavy (non-hydrogen) atoms. The molecular weight excluding hydrogens is 259 g/mol. The van der Waals surface area contributed by atoms with Gasteiger partial charge in [-0.25, -0.2) is 0 Å². The number of hydrogen-bond donors (Lipinski definition) is 0. The average molecular weight is 266 g/mol. The molecule has 0 aromatic carbocycles. The van der Waals surface area contributed by atoms with E-state index in [-0.39, 0.29) is 30.2 Å². The van der Waals surface area contributed by atoms with Gasteiger partial charge in [-0.05, 0) is 6.42 Å². The molecule has 3 rings (SSSR count). The Morgan fingerprint density at radius 1 is 1.45 bits per heavy atom. The molecule has 0 unspecified atom stereocenters. The van der Waals surface area contributed by atoms with Gasteiger partial charge in [-0.3, -0.25) is 4.79 Å². The topological polar surface area (TPSA) is 35.5 Å². The summed E-state index contributed by atoms with van der Waals surface area (Å²) in [6.07, 6.45) is 1.32. The number of hydrogen-bond acceptors (Lipinski definition) is 3. The standard InChI is InChI=1S/C7H7IO3/c8-4-3-1-2-5(10-3)6(4)11-7(2)9/h2-6H,1H2/t2-,3+,4+,5-,6-/m0/s1. The Balaban J connectivity index is 2.04. The lowest BCUT2D eigenvalue weighted by molar-refractivity contribution is -0.143. The largest absolute Gasteiger partial charge is 0.458 e. The first-order valence-electron chi connectivity index (χ1n) is 3.77. The van der Waals surface area contributed by atoms with Crippen LogP contribution in [0.3, 0.4) is 0 Å². The molecule has 0 aliphatic carbocycles. The average Bonchev–Trinajstić information content (AvgIpc) is 2.53. The van der Waals surface area contributed by atoms with E-state index in [1.165, 1.54) is 0 Å². The van der Waals surface area contributed by atoms with Gasteiger partial charge in [0.2, 0.25) is 0 Å². The Kier molecular flexibility index (Phi) is 1.15. The number of rotatable bonds is 0. The molecule has 0 saturated carbocycles. The van der Waals surface area contributed by atoms with Gasteiger partial charge in [0.05, 0.1) is 15.9 Å². The van der Waals surface area contributed by atoms with Crippen molar-refractivity contribution >= 4 is 28.6 Å². The molecule has 3 aliphatic heterocycles. The molecular formula is C7H7IO3. The van der Waals surface area contributed by atoms with E-state index >= 15 is 0 Å². The third kappa shape index (κ3) is 0.654. The van der Waals surface area contributed by atoms with Crippen LogP contribution in [0.15, 0.2) is 0 Å². The second-order valence-electron chi connectivity index (χ2n) is 3.33. The molecule has 3 heterocycles. The van der Waals surface area contributed by atoms with Gasteiger partial charge in [0.15, 0.2) is 0 Å². The van der Waals surface area contributed by atoms with Crippen LogP contribution >= 0.6 is 22.6 Å². The molecule has 3 aliphatic rings. The van der Waals surface area contributed by atoms with Gasteiger partial charge >= 0.3 is 5.97 Å². The minimum Gasteiger partial charge on any atom is -0.458 e. The zero-order chi connectivity index (χ0) is 7.59. The molecule has 0 radical (unpaired) electrons. The van der Waals surface area contributed by atoms with Crippen LogP contribution in [0, 0.1) is 5.92 Å². The highest BCUT2D eigenvalue weighted by atomic mass is 127. The Hall–Kier alpha value is 0.160. The van der Waals surface area contributed by atoms with Gasteiger partial charge < -0.3 is 9.47 Å². The summed E-state index contributed by atoms with van der Waals surface area (Å²) in [5, 5.41) is 0. The summed E-state index contributed by atoms with van der Waals surface area (Å²) in [5.41, 5.74) is 0. The Morgan fingerprint density at radius 2 is 2.27 bits per heavy atom. The number of esters is 1. The fraction of sp³-hybridized carbons (Fsp3) is 0.857. The minimum atomic E-state index is -0.0401. The Bertz CT molecular complexity index is 230. The summed E-state index contributed by atoms with van der Waals surface area (Å²) in [4.78, 5) is 11.1. The first kappa shape index (κ1) is 6.65. The van der Waals surface area contributed by atoms with E-state index in [0.717, 1.165) is 6.42 Å². The van der Waals surface area contributed by atoms with Crippen LogP contribution in [0.25, 0.3) is 0 Å². The van der Waals surface area contributed by atoms with Crippen LogP contribution in [-0.4, -0.2) is 28.2 Å². The molecule has 5 atom stereocenters. The number of ether oxygens (including phenoxy) is 2. The van der Waals surface area contributed by atoms with Crippen molar-refractivity contribution in [2.45, 2.75) is 28.7 Å². The summed E-state index contributed by atoms with van der Waals surface area (Å²) < 4.78 is 11.2. The van der Waals surface area contributed by atoms with E-state index < -0.39 is 0 Å². The SMILES string of the molecule is O=C1O[C@H]2[C@H](I)[C@H]3C[C@H]1[C@@H]2O3. The summed E-state index contributed by atoms with van der Waals surface area (Å²) in [5.74, 6) is 0.0256. The Morgan fingerprint density at radius 3 is 2.91 bits per heavy atom. The maximum atomic E-state index is 11.1. The van der Waals surface area contributed by atoms with Crippen LogP contribution in [0.1, 0.15) is 6.42 Å². The zero-order valence-corrected chi connectivity index (χ0v) is 7.85. The molecule has 0 aromatic heterocycles. The monoisotopic (exact) mass is 266 g/mol. The van der Waals surface area contributed by atoms with Crippen molar-refractivity contribution in [3.05, 3.63) is 0 Å². The summed E-state index contributed by atoms with van der Waals surface area (Å²) in [7, 11) is 0. The third-order valence-electron chi connectivity index (χ3n) is 2.76. The summed E-state index contributed by atoms with van der Waals surface area (Å²) >= 11 is 2.32. The fourth-order valence-corrected chi connectivity index (χ4v) is 3.24. The predicted molar refractivity (Wildman–Crippen MR) is 44.5 cm³/mol. The van der Waals surface area contributed by atoms with Crippen molar-refractivity contribution in [3.8, 4) is 0 Å². The summed E-state index contributed by atoms with van der Waals surface area (Å²) in [6, 6.07) is 0. The van der Waals surface area contributed by atoms with Gasteiger partial charge in [-0.2, -0.15) is 0 Å². The molecule has 3 nitrogen and oxygen atoms in total. The van der Waals surface area contributed by atoms with Crippen LogP contribution in [0.5, 0.6) is 0 Å². The maximum absolute atomic E-state index is 11.1. The second kappa shape index (κ2) is 1.90. The number of halogens is 1. The number of alkyl halides is 1. The van der Waals surface area contributed by atoms with Gasteiger partial charge in [0, 0.05) is 0 Å². The lowest BCUT2D eigenvalue weighted by Gasteiger charge is -2.14. The minimum absolute atomic E-state index is 0.0401. The van der Waals surface area contributed by atoms with Gasteiger partial charge in [-0.1, -0.05) is 22.6 Å². The van der Waals surface area contributed by atoms with Crippen LogP contribution in [-0.2, 0) is 14.3 Å². The van der Waals surface area contributed by atoms with Crippen molar-refractivity contribution in [2.24, 2.45) is 5.92 Å². The van der Waals surface area contributed by atoms with Crippen molar-refractivity contribution in [1.82, 2.24) is 0 Å². The first-order valence-corrected chi connectivity index (χ1v) is 5.02. The Labute approximate surface area is 77.6 Å². The molecule has 0 amide bonds. The van der Waals surface area contributed by atoms with Gasteiger partial charge in [-0.15, -0.1) is 0 Å². The number of carbonyl (C=O) groups excluding carboxylic acids is 1. The van der Waals surface area contributed by atoms with E-state index in [2.05, 4.69) is 22.6 Å². The van der Waals surface area contributed by atoms with E-state index in [0.29, 0.717) is 3.92 Å². The molecule has 2 bridgehead atoms. The predicted octanol–water partition coefficient (Wildman–Crippen LogP) is 0.503. The highest BCUT2D eigenvalue weighted by Gasteiger charge is 2.62. The zero-order valence-electron chi connectivity index (χ0n) is 5.70. The fourth-order valence-electron chi connectivity index (χ4n) is 2.22. The van der Waals surface area contributed by atoms with Crippen molar-refractivity contribution in [1.29, 1.82) is 0 Å². The van der Waals surface area contributed by atoms with E-state index in [1.807, 2.05) is 0 Å². The van der Waals surface area contributed by atoms with E-state index in [4.69, 9.17) is 9.47 Å². The highest BCUT2D eigenvalue weighted by Crippen LogP contribution is 2.48. The van der Waals surface area contributed by atoms with E-state index in [1.54, 1.807) is 0 Å². The highest BCUT2D eigenvalue weighted by molar-refractivity contribution is 14.1. The van der Waals surface area contributed by atoms with Crippen molar-refractivity contribution in [2.75, 3.05) is 0 Å². The quantitative estimate of drug-likeness (QED) is 0.364. The smallest absolute Gasteiger partial charge is 0.312 e. The second-order valence-corrected chi connectivity index (χ2v) is 4.77. The first-order chi connectivity index (χ1) is 5.27. The van der Waals surface area contributed by atoms with Crippen molar-refractivity contribution in [3.63, 3.8) is 0 Å². The molecule has 3 saturated heterocycles. The summed E-state index contributed by atoms with van der Waals surface area (Å²) in [6.45, 7) is 0. The lowest BCUT2D eigenvalue weighted by Crippen LogP contribution is -2.31. The molecule has 0 N–H and O–H groups in total. The molecule has 0 spiro atoms. The maximum Gasteiger partial charge on any atom is 0.312 e. The van der Waals surface area contributed by atoms with Crippen LogP contribution < -0.4 is 0 Å². The van der Waals surface area contributed by atoms with Crippen LogP contribution in [0.4, 0.5) is 0 Å². The van der Waals surface area contributed by atoms with Gasteiger partial charge in [0.1, 0.15) is 12.2 Å². The number of carbonyl (C=O) groups is 1. The molecule has 3 fully saturated rings. The third-order valence-corrected chi connectivity index (χ3v) is 4.27. The molecule has 0 aromatic rings.